The van der Waals surface area contributed by atoms with Crippen LogP contribution in [0.2, 0.25) is 0 Å². The van der Waals surface area contributed by atoms with Gasteiger partial charge < -0.3 is 34.3 Å². The van der Waals surface area contributed by atoms with Gasteiger partial charge in [-0.2, -0.15) is 0 Å². The molecule has 4 atom stereocenters. The highest BCUT2D eigenvalue weighted by Crippen LogP contribution is 2.16. The average molecular weight is 412 g/mol. The van der Waals surface area contributed by atoms with Crippen molar-refractivity contribution in [3.8, 4) is 5.75 Å². The van der Waals surface area contributed by atoms with Crippen LogP contribution in [0.5, 0.6) is 5.75 Å². The molecule has 1 aliphatic rings. The summed E-state index contributed by atoms with van der Waals surface area (Å²) >= 11 is 0. The average Bonchev–Trinajstić information content (AvgIpc) is 2.67. The second kappa shape index (κ2) is 12.9. The number of aliphatic hydroxyl groups is 3. The van der Waals surface area contributed by atoms with Gasteiger partial charge in [0.25, 0.3) is 0 Å². The molecule has 1 heterocycles. The fourth-order valence-corrected chi connectivity index (χ4v) is 2.23. The number of benzene rings is 1. The van der Waals surface area contributed by atoms with Gasteiger partial charge in [0, 0.05) is 13.8 Å². The van der Waals surface area contributed by atoms with Gasteiger partial charge in [0.1, 0.15) is 37.3 Å². The Morgan fingerprint density at radius 3 is 2.45 bits per heavy atom. The minimum absolute atomic E-state index is 0.0747. The number of hydrogen-bond donors (Lipinski definition) is 3. The van der Waals surface area contributed by atoms with Crippen LogP contribution in [-0.4, -0.2) is 71.7 Å². The molecule has 1 aliphatic heterocycles. The molecule has 9 nitrogen and oxygen atoms in total. The van der Waals surface area contributed by atoms with Crippen LogP contribution in [0.4, 0.5) is 0 Å². The Morgan fingerprint density at radius 1 is 1.17 bits per heavy atom. The zero-order valence-corrected chi connectivity index (χ0v) is 16.7. The van der Waals surface area contributed by atoms with Gasteiger partial charge in [-0.1, -0.05) is 18.2 Å². The van der Waals surface area contributed by atoms with E-state index in [0.29, 0.717) is 0 Å². The fraction of sp³-hybridized carbons (Fsp3) is 0.500. The lowest BCUT2D eigenvalue weighted by Crippen LogP contribution is -2.41. The summed E-state index contributed by atoms with van der Waals surface area (Å²) in [5, 5.41) is 26.8. The maximum Gasteiger partial charge on any atom is 0.303 e. The van der Waals surface area contributed by atoms with Crippen molar-refractivity contribution in [1.82, 2.24) is 0 Å². The number of carbonyl (C=O) groups is 2. The normalized spacial score (nSPS) is 21.4. The Hall–Kier alpha value is -2.46. The molecular formula is C20H28O9. The van der Waals surface area contributed by atoms with Gasteiger partial charge in [0.2, 0.25) is 0 Å². The van der Waals surface area contributed by atoms with Gasteiger partial charge in [-0.05, 0) is 30.7 Å². The monoisotopic (exact) mass is 412 g/mol. The highest BCUT2D eigenvalue weighted by molar-refractivity contribution is 5.66. The second-order valence-corrected chi connectivity index (χ2v) is 6.24. The van der Waals surface area contributed by atoms with Crippen LogP contribution < -0.4 is 4.74 Å². The molecular weight excluding hydrogens is 384 g/mol. The number of rotatable bonds is 7. The van der Waals surface area contributed by atoms with Crippen molar-refractivity contribution in [3.05, 3.63) is 42.0 Å². The van der Waals surface area contributed by atoms with Crippen LogP contribution in [-0.2, 0) is 23.8 Å². The largest absolute Gasteiger partial charge is 0.491 e. The molecule has 0 aliphatic carbocycles. The van der Waals surface area contributed by atoms with Crippen molar-refractivity contribution in [3.63, 3.8) is 0 Å². The molecule has 0 saturated heterocycles. The minimum Gasteiger partial charge on any atom is -0.491 e. The zero-order valence-electron chi connectivity index (χ0n) is 16.7. The van der Waals surface area contributed by atoms with E-state index in [1.807, 2.05) is 31.2 Å². The molecule has 0 bridgehead atoms. The summed E-state index contributed by atoms with van der Waals surface area (Å²) in [6.45, 7) is 4.24. The maximum absolute atomic E-state index is 10.8. The lowest BCUT2D eigenvalue weighted by atomic mass is 10.1. The Balaban J connectivity index is 0.000000296. The second-order valence-electron chi connectivity index (χ2n) is 6.24. The van der Waals surface area contributed by atoms with E-state index in [1.165, 1.54) is 26.0 Å². The first-order valence-electron chi connectivity index (χ1n) is 9.02. The summed E-state index contributed by atoms with van der Waals surface area (Å²) in [5.41, 5.74) is 1.02. The predicted molar refractivity (Wildman–Crippen MR) is 102 cm³/mol. The number of aliphatic hydroxyl groups excluding tert-OH is 3. The molecule has 0 saturated carbocycles. The molecule has 0 spiro atoms. The van der Waals surface area contributed by atoms with E-state index in [9.17, 15) is 14.7 Å². The quantitative estimate of drug-likeness (QED) is 0.432. The molecule has 29 heavy (non-hydrogen) atoms. The highest BCUT2D eigenvalue weighted by atomic mass is 16.6. The number of esters is 2. The first-order chi connectivity index (χ1) is 13.7. The van der Waals surface area contributed by atoms with Crippen LogP contribution in [0.1, 0.15) is 19.4 Å². The summed E-state index contributed by atoms with van der Waals surface area (Å²) in [5.74, 6) is -0.188. The first kappa shape index (κ1) is 24.6. The number of hydrogen-bond acceptors (Lipinski definition) is 9. The Kier molecular flexibility index (Phi) is 10.9. The van der Waals surface area contributed by atoms with Gasteiger partial charge in [0.05, 0.1) is 6.61 Å². The SMILES string of the molecule is CC(=O)OC[C@H]1O[C@H](O)C=C[C@@H]1OC(C)=O.Cc1ccccc1OCC(O)CO. The van der Waals surface area contributed by atoms with E-state index in [0.717, 1.165) is 11.3 Å². The zero-order chi connectivity index (χ0) is 21.8. The topological polar surface area (TPSA) is 132 Å². The summed E-state index contributed by atoms with van der Waals surface area (Å²) < 4.78 is 20.0. The lowest BCUT2D eigenvalue weighted by Gasteiger charge is -2.29. The van der Waals surface area contributed by atoms with Crippen molar-refractivity contribution in [2.75, 3.05) is 19.8 Å². The van der Waals surface area contributed by atoms with Crippen LogP contribution in [0.3, 0.4) is 0 Å². The minimum atomic E-state index is -1.08. The molecule has 162 valence electrons. The third kappa shape index (κ3) is 10.0. The van der Waals surface area contributed by atoms with Crippen LogP contribution in [0, 0.1) is 6.92 Å². The van der Waals surface area contributed by atoms with Crippen LogP contribution >= 0.6 is 0 Å². The number of aryl methyl sites for hydroxylation is 1. The van der Waals surface area contributed by atoms with Gasteiger partial charge in [-0.15, -0.1) is 0 Å². The van der Waals surface area contributed by atoms with E-state index in [-0.39, 0.29) is 19.8 Å². The van der Waals surface area contributed by atoms with E-state index < -0.39 is 36.5 Å². The highest BCUT2D eigenvalue weighted by Gasteiger charge is 2.29. The van der Waals surface area contributed by atoms with Gasteiger partial charge in [0.15, 0.2) is 6.29 Å². The van der Waals surface area contributed by atoms with E-state index in [1.54, 1.807) is 0 Å². The molecule has 1 aromatic carbocycles. The van der Waals surface area contributed by atoms with Gasteiger partial charge >= 0.3 is 11.9 Å². The van der Waals surface area contributed by atoms with Crippen molar-refractivity contribution in [1.29, 1.82) is 0 Å². The number of para-hydroxylation sites is 1. The standard InChI is InChI=1S/C10H14O6.C10H14O3/c1-6(11)14-5-9-8(15-7(2)12)3-4-10(13)16-9;1-8-4-2-3-5-10(8)13-7-9(12)6-11/h3-4,8-10,13H,5H2,1-2H3;2-5,9,11-12H,6-7H2,1H3/t8-,9+,10-;/m0./s1. The molecule has 2 rings (SSSR count). The summed E-state index contributed by atoms with van der Waals surface area (Å²) in [7, 11) is 0. The smallest absolute Gasteiger partial charge is 0.303 e. The number of carbonyl (C=O) groups excluding carboxylic acids is 2. The van der Waals surface area contributed by atoms with Crippen LogP contribution in [0.15, 0.2) is 36.4 Å². The van der Waals surface area contributed by atoms with E-state index in [2.05, 4.69) is 0 Å². The van der Waals surface area contributed by atoms with Crippen LogP contribution in [0.25, 0.3) is 0 Å². The molecule has 3 N–H and O–H groups in total. The summed E-state index contributed by atoms with van der Waals surface area (Å²) in [6, 6.07) is 7.55. The lowest BCUT2D eigenvalue weighted by molar-refractivity contribution is -0.183. The molecule has 0 fully saturated rings. The van der Waals surface area contributed by atoms with Crippen molar-refractivity contribution in [2.24, 2.45) is 0 Å². The predicted octanol–water partition coefficient (Wildman–Crippen LogP) is 0.482. The molecule has 0 amide bonds. The van der Waals surface area contributed by atoms with E-state index >= 15 is 0 Å². The third-order valence-corrected chi connectivity index (χ3v) is 3.63. The molecule has 0 aromatic heterocycles. The first-order valence-corrected chi connectivity index (χ1v) is 9.02. The Bertz CT molecular complexity index is 674. The van der Waals surface area contributed by atoms with Gasteiger partial charge in [-0.25, -0.2) is 0 Å². The Morgan fingerprint density at radius 2 is 1.86 bits per heavy atom. The fourth-order valence-electron chi connectivity index (χ4n) is 2.23. The van der Waals surface area contributed by atoms with Crippen molar-refractivity contribution in [2.45, 2.75) is 45.4 Å². The number of ether oxygens (including phenoxy) is 4. The summed E-state index contributed by atoms with van der Waals surface area (Å²) in [6.07, 6.45) is -0.359. The summed E-state index contributed by atoms with van der Waals surface area (Å²) in [4.78, 5) is 21.4. The van der Waals surface area contributed by atoms with Gasteiger partial charge in [-0.3, -0.25) is 9.59 Å². The molecule has 9 heteroatoms. The van der Waals surface area contributed by atoms with E-state index in [4.69, 9.17) is 29.2 Å². The molecule has 1 unspecified atom stereocenters. The third-order valence-electron chi connectivity index (χ3n) is 3.63. The van der Waals surface area contributed by atoms with Crippen molar-refractivity contribution < 1.29 is 43.9 Å². The Labute approximate surface area is 169 Å². The van der Waals surface area contributed by atoms with Crippen molar-refractivity contribution >= 4 is 11.9 Å². The molecule has 0 radical (unpaired) electrons. The maximum atomic E-state index is 10.8. The molecule has 1 aromatic rings.